The van der Waals surface area contributed by atoms with E-state index in [1.807, 2.05) is 25.1 Å². The number of hydrogen-bond acceptors (Lipinski definition) is 2. The molecule has 1 unspecified atom stereocenters. The number of halogens is 1. The van der Waals surface area contributed by atoms with Crippen LogP contribution in [0.4, 0.5) is 0 Å². The first-order valence-corrected chi connectivity index (χ1v) is 4.83. The fraction of sp³-hybridized carbons (Fsp3) is 0.200. The van der Waals surface area contributed by atoms with Gasteiger partial charge in [0.1, 0.15) is 0 Å². The number of benzene rings is 1. The molecule has 1 aromatic rings. The molecule has 0 heterocycles. The Bertz CT molecular complexity index is 310. The molecule has 2 nitrogen and oxygen atoms in total. The van der Waals surface area contributed by atoms with Crippen molar-refractivity contribution in [2.24, 2.45) is 5.84 Å². The van der Waals surface area contributed by atoms with Crippen LogP contribution in [0.2, 0.25) is 0 Å². The Labute approximate surface area is 86.9 Å². The molecule has 0 aliphatic heterocycles. The van der Waals surface area contributed by atoms with Crippen LogP contribution in [0.5, 0.6) is 0 Å². The zero-order valence-corrected chi connectivity index (χ0v) is 9.14. The predicted octanol–water partition coefficient (Wildman–Crippen LogP) is 2.45. The van der Waals surface area contributed by atoms with Gasteiger partial charge in [0.2, 0.25) is 0 Å². The van der Waals surface area contributed by atoms with Crippen molar-refractivity contribution in [1.82, 2.24) is 5.43 Å². The highest BCUT2D eigenvalue weighted by Crippen LogP contribution is 2.21. The van der Waals surface area contributed by atoms with Crippen LogP contribution in [-0.2, 0) is 0 Å². The van der Waals surface area contributed by atoms with Crippen molar-refractivity contribution < 1.29 is 0 Å². The lowest BCUT2D eigenvalue weighted by molar-refractivity contribution is 0.656. The molecular formula is C10H13BrN2. The van der Waals surface area contributed by atoms with Gasteiger partial charge in [-0.3, -0.25) is 5.84 Å². The normalized spacial score (nSPS) is 12.5. The largest absolute Gasteiger partial charge is 0.271 e. The van der Waals surface area contributed by atoms with Gasteiger partial charge in [-0.15, -0.1) is 6.58 Å². The third-order valence-corrected chi connectivity index (χ3v) is 2.82. The molecule has 0 bridgehead atoms. The summed E-state index contributed by atoms with van der Waals surface area (Å²) in [5.41, 5.74) is 4.99. The van der Waals surface area contributed by atoms with Gasteiger partial charge in [0.05, 0.1) is 6.04 Å². The molecular weight excluding hydrogens is 228 g/mol. The molecule has 0 aliphatic rings. The predicted molar refractivity (Wildman–Crippen MR) is 59.1 cm³/mol. The van der Waals surface area contributed by atoms with Gasteiger partial charge in [0.25, 0.3) is 0 Å². The molecule has 0 saturated heterocycles. The fourth-order valence-corrected chi connectivity index (χ4v) is 1.50. The molecule has 13 heavy (non-hydrogen) atoms. The Morgan fingerprint density at radius 2 is 2.31 bits per heavy atom. The van der Waals surface area contributed by atoms with Crippen LogP contribution in [0.25, 0.3) is 0 Å². The lowest BCUT2D eigenvalue weighted by Crippen LogP contribution is -2.26. The van der Waals surface area contributed by atoms with Gasteiger partial charge in [-0.05, 0) is 24.1 Å². The van der Waals surface area contributed by atoms with E-state index in [1.54, 1.807) is 6.08 Å². The summed E-state index contributed by atoms with van der Waals surface area (Å²) >= 11 is 3.47. The molecule has 0 saturated carbocycles. The molecule has 0 spiro atoms. The average Bonchev–Trinajstić information content (AvgIpc) is 2.13. The van der Waals surface area contributed by atoms with Crippen LogP contribution in [0.1, 0.15) is 17.2 Å². The molecule has 0 radical (unpaired) electrons. The Morgan fingerprint density at radius 3 is 2.77 bits per heavy atom. The highest BCUT2D eigenvalue weighted by Gasteiger charge is 2.05. The number of aryl methyl sites for hydroxylation is 1. The summed E-state index contributed by atoms with van der Waals surface area (Å²) in [6.07, 6.45) is 1.77. The first kappa shape index (κ1) is 10.4. The van der Waals surface area contributed by atoms with E-state index in [2.05, 4.69) is 27.9 Å². The van der Waals surface area contributed by atoms with E-state index in [9.17, 15) is 0 Å². The standard InChI is InChI=1S/C10H13BrN2/c1-3-10(13-12)8-5-4-7(2)9(11)6-8/h3-6,10,13H,1,12H2,2H3. The van der Waals surface area contributed by atoms with Crippen molar-refractivity contribution >= 4 is 15.9 Å². The topological polar surface area (TPSA) is 38.0 Å². The summed E-state index contributed by atoms with van der Waals surface area (Å²) in [7, 11) is 0. The molecule has 3 heteroatoms. The van der Waals surface area contributed by atoms with E-state index in [0.29, 0.717) is 0 Å². The molecule has 1 aromatic carbocycles. The van der Waals surface area contributed by atoms with E-state index < -0.39 is 0 Å². The van der Waals surface area contributed by atoms with Gasteiger partial charge < -0.3 is 0 Å². The zero-order valence-electron chi connectivity index (χ0n) is 7.55. The van der Waals surface area contributed by atoms with Crippen LogP contribution in [0.3, 0.4) is 0 Å². The fourth-order valence-electron chi connectivity index (χ4n) is 1.10. The molecule has 0 fully saturated rings. The Kier molecular flexibility index (Phi) is 3.66. The van der Waals surface area contributed by atoms with Crippen molar-refractivity contribution in [3.05, 3.63) is 46.5 Å². The molecule has 0 amide bonds. The van der Waals surface area contributed by atoms with Gasteiger partial charge in [-0.2, -0.15) is 0 Å². The number of hydrogen-bond donors (Lipinski definition) is 2. The lowest BCUT2D eigenvalue weighted by atomic mass is 10.1. The van der Waals surface area contributed by atoms with E-state index in [4.69, 9.17) is 5.84 Å². The minimum atomic E-state index is 0.0110. The number of rotatable bonds is 3. The number of hydrazine groups is 1. The highest BCUT2D eigenvalue weighted by molar-refractivity contribution is 9.10. The summed E-state index contributed by atoms with van der Waals surface area (Å²) in [4.78, 5) is 0. The van der Waals surface area contributed by atoms with Crippen LogP contribution < -0.4 is 11.3 Å². The quantitative estimate of drug-likeness (QED) is 0.484. The van der Waals surface area contributed by atoms with Gasteiger partial charge in [-0.1, -0.05) is 34.1 Å². The molecule has 0 aromatic heterocycles. The monoisotopic (exact) mass is 240 g/mol. The summed E-state index contributed by atoms with van der Waals surface area (Å²) in [5.74, 6) is 5.37. The molecule has 3 N–H and O–H groups in total. The van der Waals surface area contributed by atoms with Gasteiger partial charge >= 0.3 is 0 Å². The van der Waals surface area contributed by atoms with Crippen molar-refractivity contribution in [3.8, 4) is 0 Å². The lowest BCUT2D eigenvalue weighted by Gasteiger charge is -2.12. The van der Waals surface area contributed by atoms with Gasteiger partial charge in [-0.25, -0.2) is 5.43 Å². The van der Waals surface area contributed by atoms with Crippen molar-refractivity contribution in [2.75, 3.05) is 0 Å². The second kappa shape index (κ2) is 4.56. The molecule has 1 atom stereocenters. The van der Waals surface area contributed by atoms with E-state index >= 15 is 0 Å². The van der Waals surface area contributed by atoms with Crippen molar-refractivity contribution in [3.63, 3.8) is 0 Å². The maximum absolute atomic E-state index is 5.37. The number of nitrogens with two attached hydrogens (primary N) is 1. The first-order chi connectivity index (χ1) is 6.19. The maximum Gasteiger partial charge on any atom is 0.0638 e. The van der Waals surface area contributed by atoms with Gasteiger partial charge in [0, 0.05) is 4.47 Å². The Hall–Kier alpha value is -0.640. The summed E-state index contributed by atoms with van der Waals surface area (Å²) < 4.78 is 1.09. The summed E-state index contributed by atoms with van der Waals surface area (Å²) in [6, 6.07) is 6.14. The van der Waals surface area contributed by atoms with Crippen molar-refractivity contribution in [1.29, 1.82) is 0 Å². The van der Waals surface area contributed by atoms with Crippen LogP contribution >= 0.6 is 15.9 Å². The summed E-state index contributed by atoms with van der Waals surface area (Å²) in [5, 5.41) is 0. The minimum absolute atomic E-state index is 0.0110. The molecule has 70 valence electrons. The second-order valence-electron chi connectivity index (χ2n) is 2.89. The van der Waals surface area contributed by atoms with Crippen molar-refractivity contribution in [2.45, 2.75) is 13.0 Å². The van der Waals surface area contributed by atoms with Gasteiger partial charge in [0.15, 0.2) is 0 Å². The van der Waals surface area contributed by atoms with Crippen LogP contribution in [-0.4, -0.2) is 0 Å². The Morgan fingerprint density at radius 1 is 1.62 bits per heavy atom. The molecule has 0 aliphatic carbocycles. The van der Waals surface area contributed by atoms with Crippen LogP contribution in [0.15, 0.2) is 35.3 Å². The zero-order chi connectivity index (χ0) is 9.84. The summed E-state index contributed by atoms with van der Waals surface area (Å²) in [6.45, 7) is 5.75. The van der Waals surface area contributed by atoms with Crippen LogP contribution in [0, 0.1) is 6.92 Å². The third kappa shape index (κ3) is 2.40. The first-order valence-electron chi connectivity index (χ1n) is 4.03. The highest BCUT2D eigenvalue weighted by atomic mass is 79.9. The smallest absolute Gasteiger partial charge is 0.0638 e. The van der Waals surface area contributed by atoms with E-state index in [0.717, 1.165) is 10.0 Å². The average molecular weight is 241 g/mol. The third-order valence-electron chi connectivity index (χ3n) is 1.97. The second-order valence-corrected chi connectivity index (χ2v) is 3.74. The minimum Gasteiger partial charge on any atom is -0.271 e. The molecule has 1 rings (SSSR count). The number of nitrogens with one attached hydrogen (secondary N) is 1. The van der Waals surface area contributed by atoms with E-state index in [-0.39, 0.29) is 6.04 Å². The maximum atomic E-state index is 5.37. The van der Waals surface area contributed by atoms with E-state index in [1.165, 1.54) is 5.56 Å². The SMILES string of the molecule is C=CC(NN)c1ccc(C)c(Br)c1. The Balaban J connectivity index is 3.01.